The van der Waals surface area contributed by atoms with Gasteiger partial charge in [-0.25, -0.2) is 9.79 Å². The van der Waals surface area contributed by atoms with Crippen LogP contribution in [0.15, 0.2) is 40.3 Å². The van der Waals surface area contributed by atoms with Crippen molar-refractivity contribution in [3.8, 4) is 0 Å². The van der Waals surface area contributed by atoms with Crippen molar-refractivity contribution < 1.29 is 19.7 Å². The molecular formula is C15H18N6O4. The molecule has 0 aliphatic carbocycles. The Balaban J connectivity index is 1.66. The number of aliphatic hydroxyl groups is 2. The fourth-order valence-corrected chi connectivity index (χ4v) is 3.64. The van der Waals surface area contributed by atoms with Gasteiger partial charge in [0, 0.05) is 0 Å². The molecule has 25 heavy (non-hydrogen) atoms. The number of ether oxygens (including phenoxy) is 1. The molecule has 4 rings (SSSR count). The molecule has 1 aromatic rings. The van der Waals surface area contributed by atoms with E-state index in [1.807, 2.05) is 0 Å². The van der Waals surface area contributed by atoms with Crippen molar-refractivity contribution in [3.63, 3.8) is 0 Å². The van der Waals surface area contributed by atoms with Gasteiger partial charge in [0.25, 0.3) is 0 Å². The Kier molecular flexibility index (Phi) is 3.18. The molecule has 0 saturated carbocycles. The number of nitrogens with one attached hydrogen (secondary N) is 1. The average molecular weight is 346 g/mol. The second-order valence-corrected chi connectivity index (χ2v) is 6.22. The summed E-state index contributed by atoms with van der Waals surface area (Å²) in [5.74, 6) is -3.01. The summed E-state index contributed by atoms with van der Waals surface area (Å²) in [7, 11) is 0. The van der Waals surface area contributed by atoms with Crippen molar-refractivity contribution in [1.82, 2.24) is 10.2 Å². The van der Waals surface area contributed by atoms with Gasteiger partial charge in [-0.05, 0) is 12.1 Å². The third-order valence-electron chi connectivity index (χ3n) is 4.84. The molecule has 0 radical (unpaired) electrons. The van der Waals surface area contributed by atoms with Crippen LogP contribution in [-0.2, 0) is 4.74 Å². The van der Waals surface area contributed by atoms with Gasteiger partial charge in [-0.15, -0.1) is 0 Å². The summed E-state index contributed by atoms with van der Waals surface area (Å²) in [6, 6.07) is 7.62. The molecule has 1 aromatic carbocycles. The van der Waals surface area contributed by atoms with E-state index >= 15 is 0 Å². The van der Waals surface area contributed by atoms with Crippen molar-refractivity contribution >= 4 is 17.9 Å². The van der Waals surface area contributed by atoms with Crippen LogP contribution < -0.4 is 16.8 Å². The number of guanidine groups is 2. The first-order valence-corrected chi connectivity index (χ1v) is 7.76. The minimum Gasteiger partial charge on any atom is -0.451 e. The zero-order valence-electron chi connectivity index (χ0n) is 13.2. The third kappa shape index (κ3) is 2.01. The largest absolute Gasteiger partial charge is 0.451 e. The van der Waals surface area contributed by atoms with Gasteiger partial charge in [-0.1, -0.05) is 18.2 Å². The quantitative estimate of drug-likeness (QED) is 0.291. The predicted octanol–water partition coefficient (Wildman–Crippen LogP) is -2.48. The van der Waals surface area contributed by atoms with Crippen LogP contribution in [0.25, 0.3) is 0 Å². The number of rotatable bonds is 2. The van der Waals surface area contributed by atoms with Gasteiger partial charge in [0.05, 0.1) is 18.7 Å². The highest BCUT2D eigenvalue weighted by molar-refractivity contribution is 5.90. The van der Waals surface area contributed by atoms with Crippen LogP contribution in [0.1, 0.15) is 10.4 Å². The molecule has 10 heteroatoms. The van der Waals surface area contributed by atoms with E-state index in [0.717, 1.165) is 0 Å². The van der Waals surface area contributed by atoms with E-state index in [-0.39, 0.29) is 25.0 Å². The van der Waals surface area contributed by atoms with E-state index in [2.05, 4.69) is 15.3 Å². The van der Waals surface area contributed by atoms with E-state index < -0.39 is 29.6 Å². The highest BCUT2D eigenvalue weighted by atomic mass is 16.6. The lowest BCUT2D eigenvalue weighted by Gasteiger charge is -2.46. The zero-order chi connectivity index (χ0) is 17.8. The molecule has 7 N–H and O–H groups in total. The first-order valence-electron chi connectivity index (χ1n) is 7.76. The summed E-state index contributed by atoms with van der Waals surface area (Å²) < 4.78 is 5.37. The molecule has 0 aromatic heterocycles. The number of carbonyl (C=O) groups excluding carboxylic acids is 1. The van der Waals surface area contributed by atoms with Gasteiger partial charge in [0.2, 0.25) is 5.79 Å². The highest BCUT2D eigenvalue weighted by Crippen LogP contribution is 2.43. The lowest BCUT2D eigenvalue weighted by molar-refractivity contribution is -0.255. The van der Waals surface area contributed by atoms with Crippen molar-refractivity contribution in [2.75, 3.05) is 13.1 Å². The Bertz CT molecular complexity index is 779. The molecule has 0 amide bonds. The summed E-state index contributed by atoms with van der Waals surface area (Å²) >= 11 is 0. The van der Waals surface area contributed by atoms with E-state index in [1.54, 1.807) is 30.3 Å². The smallest absolute Gasteiger partial charge is 0.338 e. The molecule has 3 aliphatic heterocycles. The lowest BCUT2D eigenvalue weighted by atomic mass is 9.90. The highest BCUT2D eigenvalue weighted by Gasteiger charge is 2.72. The Labute approximate surface area is 142 Å². The molecule has 1 saturated heterocycles. The van der Waals surface area contributed by atoms with Crippen LogP contribution in [0.3, 0.4) is 0 Å². The van der Waals surface area contributed by atoms with Gasteiger partial charge in [0.1, 0.15) is 6.04 Å². The Morgan fingerprint density at radius 2 is 2.04 bits per heavy atom. The third-order valence-corrected chi connectivity index (χ3v) is 4.84. The zero-order valence-corrected chi connectivity index (χ0v) is 13.2. The van der Waals surface area contributed by atoms with Crippen LogP contribution >= 0.6 is 0 Å². The maximum absolute atomic E-state index is 12.3. The summed E-state index contributed by atoms with van der Waals surface area (Å²) in [6.45, 7) is 0.0749. The molecule has 1 fully saturated rings. The van der Waals surface area contributed by atoms with Gasteiger partial charge < -0.3 is 36.6 Å². The Hall–Kier alpha value is -2.85. The summed E-state index contributed by atoms with van der Waals surface area (Å²) in [5, 5.41) is 24.5. The number of hydrogen-bond acceptors (Lipinski definition) is 10. The number of hydrogen-bond donors (Lipinski definition) is 5. The number of benzene rings is 1. The maximum Gasteiger partial charge on any atom is 0.338 e. The Morgan fingerprint density at radius 1 is 1.32 bits per heavy atom. The molecule has 1 unspecified atom stereocenters. The first-order chi connectivity index (χ1) is 11.9. The van der Waals surface area contributed by atoms with Crippen molar-refractivity contribution in [1.29, 1.82) is 0 Å². The fraction of sp³-hybridized carbons (Fsp3) is 0.400. The van der Waals surface area contributed by atoms with E-state index in [0.29, 0.717) is 5.56 Å². The van der Waals surface area contributed by atoms with E-state index in [1.165, 1.54) is 4.90 Å². The topological polar surface area (TPSA) is 159 Å². The number of esters is 1. The molecule has 132 valence electrons. The van der Waals surface area contributed by atoms with Crippen LogP contribution in [0.2, 0.25) is 0 Å². The predicted molar refractivity (Wildman–Crippen MR) is 87.3 cm³/mol. The SMILES string of the molecule is NC1=N[C@H]2CN=C(N)N3C[C@H](OC(=O)c4ccccc4)C(O)(O)C23N1. The minimum absolute atomic E-state index is 0.0439. The van der Waals surface area contributed by atoms with Crippen LogP contribution in [0, 0.1) is 0 Å². The second-order valence-electron chi connectivity index (χ2n) is 6.22. The molecule has 3 atom stereocenters. The van der Waals surface area contributed by atoms with Gasteiger partial charge in [-0.3, -0.25) is 4.99 Å². The molecule has 3 aliphatic rings. The van der Waals surface area contributed by atoms with Gasteiger partial charge >= 0.3 is 5.97 Å². The number of carbonyl (C=O) groups is 1. The summed E-state index contributed by atoms with van der Waals surface area (Å²) in [6.07, 6.45) is -1.27. The second kappa shape index (κ2) is 5.07. The van der Waals surface area contributed by atoms with E-state index in [9.17, 15) is 15.0 Å². The van der Waals surface area contributed by atoms with Crippen molar-refractivity contribution in [2.24, 2.45) is 21.5 Å². The number of aliphatic imine (C=N–C) groups is 2. The molecule has 1 spiro atoms. The molecule has 0 bridgehead atoms. The average Bonchev–Trinajstić information content (AvgIpc) is 3.04. The number of nitrogens with zero attached hydrogens (tertiary/aromatic N) is 3. The van der Waals surface area contributed by atoms with Crippen LogP contribution in [-0.4, -0.2) is 69.7 Å². The number of nitrogens with two attached hydrogens (primary N) is 2. The van der Waals surface area contributed by atoms with E-state index in [4.69, 9.17) is 16.2 Å². The molecule has 3 heterocycles. The Morgan fingerprint density at radius 3 is 2.76 bits per heavy atom. The normalized spacial score (nSPS) is 32.2. The maximum atomic E-state index is 12.3. The molecule has 10 nitrogen and oxygen atoms in total. The van der Waals surface area contributed by atoms with Crippen molar-refractivity contribution in [2.45, 2.75) is 23.6 Å². The molecular weight excluding hydrogens is 328 g/mol. The minimum atomic E-state index is -2.48. The monoisotopic (exact) mass is 346 g/mol. The standard InChI is InChI=1S/C15H18N6O4/c16-12-19-9-6-18-13(17)21-7-10(15(23,24)14(9,21)20-12)25-11(22)8-4-2-1-3-5-8/h1-5,9-10,23-24H,6-7H2,(H2,17,18)(H3,16,19,20)/t9-,10-,14?/m0/s1. The summed E-state index contributed by atoms with van der Waals surface area (Å²) in [4.78, 5) is 22.1. The van der Waals surface area contributed by atoms with Gasteiger partial charge in [-0.2, -0.15) is 0 Å². The first kappa shape index (κ1) is 15.7. The van der Waals surface area contributed by atoms with Crippen LogP contribution in [0.4, 0.5) is 0 Å². The lowest BCUT2D eigenvalue weighted by Crippen LogP contribution is -2.76. The summed E-state index contributed by atoms with van der Waals surface area (Å²) in [5.41, 5.74) is 10.4. The van der Waals surface area contributed by atoms with Gasteiger partial charge in [0.15, 0.2) is 23.7 Å². The van der Waals surface area contributed by atoms with Crippen LogP contribution in [0.5, 0.6) is 0 Å². The van der Waals surface area contributed by atoms with Crippen molar-refractivity contribution in [3.05, 3.63) is 35.9 Å². The fourth-order valence-electron chi connectivity index (χ4n) is 3.64.